The summed E-state index contributed by atoms with van der Waals surface area (Å²) in [6, 6.07) is 5.50. The van der Waals surface area contributed by atoms with Gasteiger partial charge in [0.15, 0.2) is 0 Å². The van der Waals surface area contributed by atoms with Crippen LogP contribution in [-0.2, 0) is 16.0 Å². The number of aromatic hydroxyl groups is 1. The van der Waals surface area contributed by atoms with Crippen LogP contribution < -0.4 is 4.74 Å². The number of phenolic OH excluding ortho intramolecular Hbond substituents is 1. The second-order valence-electron chi connectivity index (χ2n) is 4.76. The first-order valence-electron chi connectivity index (χ1n) is 6.70. The lowest BCUT2D eigenvalue weighted by Crippen LogP contribution is -2.38. The van der Waals surface area contributed by atoms with Gasteiger partial charge in [-0.1, -0.05) is 0 Å². The molecule has 1 atom stereocenters. The molecule has 20 heavy (non-hydrogen) atoms. The van der Waals surface area contributed by atoms with Crippen molar-refractivity contribution in [1.82, 2.24) is 4.90 Å². The highest BCUT2D eigenvalue weighted by molar-refractivity contribution is 5.39. The van der Waals surface area contributed by atoms with Crippen LogP contribution in [0.5, 0.6) is 11.5 Å². The first-order chi connectivity index (χ1) is 9.62. The Labute approximate surface area is 121 Å². The molecule has 0 aromatic heterocycles. The molecule has 0 saturated carbocycles. The molecular formula is C15H25NO4. The molecule has 0 amide bonds. The number of hydrogen-bond donors (Lipinski definition) is 1. The van der Waals surface area contributed by atoms with Crippen molar-refractivity contribution in [2.45, 2.75) is 19.5 Å². The smallest absolute Gasteiger partial charge is 0.120 e. The SMILES string of the molecule is COCCN(Cc1cc(OC)ccc1O)C(C)COC. The number of benzene rings is 1. The molecule has 0 fully saturated rings. The number of hydrogen-bond acceptors (Lipinski definition) is 5. The summed E-state index contributed by atoms with van der Waals surface area (Å²) in [5, 5.41) is 9.97. The summed E-state index contributed by atoms with van der Waals surface area (Å²) in [6.07, 6.45) is 0. The van der Waals surface area contributed by atoms with Gasteiger partial charge < -0.3 is 19.3 Å². The minimum Gasteiger partial charge on any atom is -0.508 e. The summed E-state index contributed by atoms with van der Waals surface area (Å²) in [6.45, 7) is 4.76. The van der Waals surface area contributed by atoms with Crippen LogP contribution in [0.3, 0.4) is 0 Å². The van der Waals surface area contributed by atoms with Gasteiger partial charge in [0.25, 0.3) is 0 Å². The van der Waals surface area contributed by atoms with E-state index in [1.807, 2.05) is 6.07 Å². The fraction of sp³-hybridized carbons (Fsp3) is 0.600. The highest BCUT2D eigenvalue weighted by Crippen LogP contribution is 2.24. The molecule has 0 aliphatic rings. The molecule has 1 aromatic rings. The van der Waals surface area contributed by atoms with Crippen LogP contribution in [0.2, 0.25) is 0 Å². The molecule has 0 spiro atoms. The average molecular weight is 283 g/mol. The highest BCUT2D eigenvalue weighted by Gasteiger charge is 2.16. The van der Waals surface area contributed by atoms with E-state index in [1.54, 1.807) is 33.5 Å². The molecule has 5 nitrogen and oxygen atoms in total. The summed E-state index contributed by atoms with van der Waals surface area (Å²) >= 11 is 0. The topological polar surface area (TPSA) is 51.2 Å². The predicted molar refractivity (Wildman–Crippen MR) is 78.3 cm³/mol. The summed E-state index contributed by atoms with van der Waals surface area (Å²) in [5.74, 6) is 1.02. The Hall–Kier alpha value is -1.30. The van der Waals surface area contributed by atoms with E-state index in [4.69, 9.17) is 14.2 Å². The molecule has 114 valence electrons. The van der Waals surface area contributed by atoms with Gasteiger partial charge in [-0.2, -0.15) is 0 Å². The zero-order valence-corrected chi connectivity index (χ0v) is 12.8. The maximum atomic E-state index is 9.97. The molecule has 1 N–H and O–H groups in total. The van der Waals surface area contributed by atoms with E-state index >= 15 is 0 Å². The third kappa shape index (κ3) is 5.00. The lowest BCUT2D eigenvalue weighted by Gasteiger charge is -2.28. The van der Waals surface area contributed by atoms with E-state index < -0.39 is 0 Å². The summed E-state index contributed by atoms with van der Waals surface area (Å²) in [4.78, 5) is 2.21. The van der Waals surface area contributed by atoms with Crippen LogP contribution in [0, 0.1) is 0 Å². The van der Waals surface area contributed by atoms with Crippen molar-refractivity contribution in [3.05, 3.63) is 23.8 Å². The van der Waals surface area contributed by atoms with Crippen molar-refractivity contribution >= 4 is 0 Å². The Bertz CT molecular complexity index is 397. The van der Waals surface area contributed by atoms with Crippen molar-refractivity contribution in [2.24, 2.45) is 0 Å². The Balaban J connectivity index is 2.81. The normalized spacial score (nSPS) is 12.7. The molecule has 1 aromatic carbocycles. The van der Waals surface area contributed by atoms with Gasteiger partial charge >= 0.3 is 0 Å². The summed E-state index contributed by atoms with van der Waals surface area (Å²) in [5.41, 5.74) is 0.836. The van der Waals surface area contributed by atoms with E-state index in [9.17, 15) is 5.11 Å². The van der Waals surface area contributed by atoms with Gasteiger partial charge in [-0.3, -0.25) is 4.90 Å². The maximum absolute atomic E-state index is 9.97. The molecule has 0 aliphatic carbocycles. The molecule has 0 saturated heterocycles. The van der Waals surface area contributed by atoms with E-state index in [0.29, 0.717) is 19.8 Å². The monoisotopic (exact) mass is 283 g/mol. The van der Waals surface area contributed by atoms with Gasteiger partial charge in [0, 0.05) is 38.9 Å². The minimum atomic E-state index is 0.237. The van der Waals surface area contributed by atoms with Crippen LogP contribution in [0.15, 0.2) is 18.2 Å². The van der Waals surface area contributed by atoms with E-state index in [2.05, 4.69) is 11.8 Å². The third-order valence-electron chi connectivity index (χ3n) is 3.27. The first-order valence-corrected chi connectivity index (χ1v) is 6.70. The predicted octanol–water partition coefficient (Wildman–Crippen LogP) is 1.88. The molecule has 1 unspecified atom stereocenters. The molecule has 0 bridgehead atoms. The second-order valence-corrected chi connectivity index (χ2v) is 4.76. The zero-order chi connectivity index (χ0) is 15.0. The molecule has 1 rings (SSSR count). The maximum Gasteiger partial charge on any atom is 0.120 e. The Kier molecular flexibility index (Phi) is 7.36. The average Bonchev–Trinajstić information content (AvgIpc) is 2.45. The van der Waals surface area contributed by atoms with Gasteiger partial charge in [-0.25, -0.2) is 0 Å². The van der Waals surface area contributed by atoms with Gasteiger partial charge in [0.2, 0.25) is 0 Å². The number of phenols is 1. The fourth-order valence-electron chi connectivity index (χ4n) is 2.04. The highest BCUT2D eigenvalue weighted by atomic mass is 16.5. The first kappa shape index (κ1) is 16.8. The molecule has 0 heterocycles. The Morgan fingerprint density at radius 3 is 2.55 bits per heavy atom. The Morgan fingerprint density at radius 1 is 1.20 bits per heavy atom. The molecule has 0 radical (unpaired) electrons. The molecule has 0 aliphatic heterocycles. The van der Waals surface area contributed by atoms with Gasteiger partial charge in [-0.05, 0) is 25.1 Å². The summed E-state index contributed by atoms with van der Waals surface area (Å²) < 4.78 is 15.6. The fourth-order valence-corrected chi connectivity index (χ4v) is 2.04. The second kappa shape index (κ2) is 8.79. The van der Waals surface area contributed by atoms with Crippen molar-refractivity contribution in [2.75, 3.05) is 41.1 Å². The van der Waals surface area contributed by atoms with Gasteiger partial charge in [0.1, 0.15) is 11.5 Å². The number of rotatable bonds is 9. The van der Waals surface area contributed by atoms with E-state index in [0.717, 1.165) is 17.9 Å². The number of methoxy groups -OCH3 is 3. The standard InChI is InChI=1S/C15H25NO4/c1-12(11-19-3)16(7-8-18-2)10-13-9-14(20-4)5-6-15(13)17/h5-6,9,12,17H,7-8,10-11H2,1-4H3. The Morgan fingerprint density at radius 2 is 1.95 bits per heavy atom. The van der Waals surface area contributed by atoms with Crippen molar-refractivity contribution < 1.29 is 19.3 Å². The van der Waals surface area contributed by atoms with E-state index in [1.165, 1.54) is 0 Å². The lowest BCUT2D eigenvalue weighted by molar-refractivity contribution is 0.0700. The molecule has 5 heteroatoms. The minimum absolute atomic E-state index is 0.237. The van der Waals surface area contributed by atoms with Crippen molar-refractivity contribution in [3.8, 4) is 11.5 Å². The summed E-state index contributed by atoms with van der Waals surface area (Å²) in [7, 11) is 4.99. The van der Waals surface area contributed by atoms with Crippen molar-refractivity contribution in [3.63, 3.8) is 0 Å². The van der Waals surface area contributed by atoms with Gasteiger partial charge in [-0.15, -0.1) is 0 Å². The molecular weight excluding hydrogens is 258 g/mol. The van der Waals surface area contributed by atoms with Crippen molar-refractivity contribution in [1.29, 1.82) is 0 Å². The van der Waals surface area contributed by atoms with Crippen LogP contribution in [0.4, 0.5) is 0 Å². The third-order valence-corrected chi connectivity index (χ3v) is 3.27. The lowest BCUT2D eigenvalue weighted by atomic mass is 10.1. The van der Waals surface area contributed by atoms with Gasteiger partial charge in [0.05, 0.1) is 20.3 Å². The largest absolute Gasteiger partial charge is 0.508 e. The van der Waals surface area contributed by atoms with Crippen LogP contribution in [-0.4, -0.2) is 57.1 Å². The zero-order valence-electron chi connectivity index (χ0n) is 12.8. The van der Waals surface area contributed by atoms with Crippen LogP contribution >= 0.6 is 0 Å². The van der Waals surface area contributed by atoms with Crippen LogP contribution in [0.1, 0.15) is 12.5 Å². The quantitative estimate of drug-likeness (QED) is 0.750. The number of ether oxygens (including phenoxy) is 3. The van der Waals surface area contributed by atoms with Crippen LogP contribution in [0.25, 0.3) is 0 Å². The number of nitrogens with zero attached hydrogens (tertiary/aromatic N) is 1. The van der Waals surface area contributed by atoms with E-state index in [-0.39, 0.29) is 11.8 Å².